The van der Waals surface area contributed by atoms with Gasteiger partial charge >= 0.3 is 11.9 Å². The lowest BCUT2D eigenvalue weighted by Gasteiger charge is -2.28. The number of hydrogen-bond acceptors (Lipinski definition) is 8. The predicted octanol–water partition coefficient (Wildman–Crippen LogP) is 10.5. The van der Waals surface area contributed by atoms with Crippen LogP contribution in [0.3, 0.4) is 0 Å². The maximum Gasteiger partial charge on any atom is 0.306 e. The van der Waals surface area contributed by atoms with E-state index in [1.54, 1.807) is 0 Å². The van der Waals surface area contributed by atoms with Crippen molar-refractivity contribution < 1.29 is 42.1 Å². The molecule has 0 aromatic carbocycles. The number of ether oxygens (including phenoxy) is 2. The molecule has 0 bridgehead atoms. The molecule has 0 aromatic heterocycles. The lowest BCUT2D eigenvalue weighted by atomic mass is 10.1. The summed E-state index contributed by atoms with van der Waals surface area (Å²) >= 11 is 0. The molecule has 0 aliphatic rings. The van der Waals surface area contributed by atoms with Crippen molar-refractivity contribution in [3.05, 3.63) is 48.6 Å². The Kier molecular flexibility index (Phi) is 33.4. The van der Waals surface area contributed by atoms with Crippen LogP contribution in [0.2, 0.25) is 0 Å². The first-order valence-electron chi connectivity index (χ1n) is 20.3. The number of unbranched alkanes of at least 4 members (excludes halogenated alkanes) is 14. The Bertz CT molecular complexity index is 1030. The van der Waals surface area contributed by atoms with Gasteiger partial charge in [0.1, 0.15) is 19.8 Å². The van der Waals surface area contributed by atoms with Crippen LogP contribution in [-0.4, -0.2) is 70.0 Å². The molecule has 0 fully saturated rings. The monoisotopic (exact) mass is 754 g/mol. The highest BCUT2D eigenvalue weighted by atomic mass is 31.2. The zero-order valence-corrected chi connectivity index (χ0v) is 34.6. The van der Waals surface area contributed by atoms with E-state index in [1.165, 1.54) is 77.0 Å². The Hall–Kier alpha value is -2.03. The fourth-order valence-corrected chi connectivity index (χ4v) is 5.84. The van der Waals surface area contributed by atoms with Crippen LogP contribution in [0.4, 0.5) is 0 Å². The third-order valence-corrected chi connectivity index (χ3v) is 9.32. The second-order valence-electron chi connectivity index (χ2n) is 14.7. The summed E-state index contributed by atoms with van der Waals surface area (Å²) in [5, 5.41) is 0. The van der Waals surface area contributed by atoms with Gasteiger partial charge in [-0.25, -0.2) is 0 Å². The molecule has 2 atom stereocenters. The molecule has 0 saturated heterocycles. The molecular formula is C42H76NO8P. The van der Waals surface area contributed by atoms with Gasteiger partial charge in [-0.05, 0) is 51.4 Å². The van der Waals surface area contributed by atoms with Crippen molar-refractivity contribution in [3.8, 4) is 0 Å². The maximum atomic E-state index is 12.6. The van der Waals surface area contributed by atoms with Gasteiger partial charge in [-0.15, -0.1) is 0 Å². The highest BCUT2D eigenvalue weighted by Gasteiger charge is 2.21. The molecule has 9 nitrogen and oxygen atoms in total. The minimum absolute atomic E-state index is 0.0415. The molecule has 0 N–H and O–H groups in total. The first-order valence-corrected chi connectivity index (χ1v) is 21.8. The van der Waals surface area contributed by atoms with E-state index in [1.807, 2.05) is 27.2 Å². The number of phosphoric acid groups is 1. The van der Waals surface area contributed by atoms with Crippen LogP contribution in [-0.2, 0) is 32.7 Å². The Morgan fingerprint density at radius 2 is 1.06 bits per heavy atom. The molecule has 0 aliphatic carbocycles. The number of carbonyl (C=O) groups is 2. The molecule has 0 spiro atoms. The van der Waals surface area contributed by atoms with Crippen molar-refractivity contribution in [2.75, 3.05) is 47.5 Å². The number of phosphoric ester groups is 1. The van der Waals surface area contributed by atoms with Crippen LogP contribution in [0.5, 0.6) is 0 Å². The summed E-state index contributed by atoms with van der Waals surface area (Å²) in [5.41, 5.74) is 0. The van der Waals surface area contributed by atoms with Crippen molar-refractivity contribution in [2.24, 2.45) is 0 Å². The smallest absolute Gasteiger partial charge is 0.306 e. The molecular weight excluding hydrogens is 677 g/mol. The second-order valence-corrected chi connectivity index (χ2v) is 16.1. The number of allylic oxidation sites excluding steroid dienone is 8. The van der Waals surface area contributed by atoms with Gasteiger partial charge in [0.2, 0.25) is 0 Å². The summed E-state index contributed by atoms with van der Waals surface area (Å²) in [5.74, 6) is -0.903. The zero-order chi connectivity index (χ0) is 38.6. The molecule has 0 aromatic rings. The maximum absolute atomic E-state index is 12.6. The first kappa shape index (κ1) is 50.0. The van der Waals surface area contributed by atoms with E-state index in [-0.39, 0.29) is 26.1 Å². The number of likely N-dealkylation sites (N-methyl/N-ethyl adjacent to an activating group) is 1. The van der Waals surface area contributed by atoms with Crippen molar-refractivity contribution in [1.29, 1.82) is 0 Å². The zero-order valence-electron chi connectivity index (χ0n) is 33.7. The Morgan fingerprint density at radius 3 is 1.60 bits per heavy atom. The van der Waals surface area contributed by atoms with Gasteiger partial charge in [0.05, 0.1) is 27.7 Å². The predicted molar refractivity (Wildman–Crippen MR) is 213 cm³/mol. The summed E-state index contributed by atoms with van der Waals surface area (Å²) in [6, 6.07) is 0. The molecule has 0 radical (unpaired) electrons. The van der Waals surface area contributed by atoms with Crippen molar-refractivity contribution >= 4 is 19.8 Å². The van der Waals surface area contributed by atoms with Crippen LogP contribution < -0.4 is 4.89 Å². The van der Waals surface area contributed by atoms with Gasteiger partial charge < -0.3 is 27.9 Å². The van der Waals surface area contributed by atoms with Gasteiger partial charge in [-0.2, -0.15) is 0 Å². The summed E-state index contributed by atoms with van der Waals surface area (Å²) < 4.78 is 33.7. The number of rotatable bonds is 36. The van der Waals surface area contributed by atoms with Crippen molar-refractivity contribution in [1.82, 2.24) is 0 Å². The van der Waals surface area contributed by atoms with E-state index in [2.05, 4.69) is 56.4 Å². The van der Waals surface area contributed by atoms with Gasteiger partial charge in [0.25, 0.3) is 7.82 Å². The van der Waals surface area contributed by atoms with E-state index in [4.69, 9.17) is 18.5 Å². The number of quaternary nitrogens is 1. The lowest BCUT2D eigenvalue weighted by molar-refractivity contribution is -0.870. The van der Waals surface area contributed by atoms with Gasteiger partial charge in [0, 0.05) is 12.8 Å². The molecule has 52 heavy (non-hydrogen) atoms. The van der Waals surface area contributed by atoms with Crippen molar-refractivity contribution in [2.45, 2.75) is 161 Å². The standard InChI is InChI=1S/C42H76NO8P/c1-6-8-10-12-14-16-18-19-20-21-22-23-25-27-29-31-33-35-42(45)51-40(39-50-52(46,47)49-37-36-43(3,4)5)38-48-41(44)34-32-30-28-26-24-17-15-13-11-9-7-2/h14,16,19-20,22-23,27,29,40H,6-13,15,17-18,21,24-26,28,30-39H2,1-5H3/b16-14+,20-19+,23-22+,29-27+/t40-/m1/s1. The fourth-order valence-electron chi connectivity index (χ4n) is 5.12. The fraction of sp³-hybridized carbons (Fsp3) is 0.762. The topological polar surface area (TPSA) is 111 Å². The molecule has 0 rings (SSSR count). The minimum atomic E-state index is -4.63. The average molecular weight is 754 g/mol. The quantitative estimate of drug-likeness (QED) is 0.0204. The Labute approximate surface area is 318 Å². The second kappa shape index (κ2) is 34.7. The number of esters is 2. The van der Waals surface area contributed by atoms with Gasteiger partial charge in [-0.3, -0.25) is 14.2 Å². The Balaban J connectivity index is 4.52. The highest BCUT2D eigenvalue weighted by Crippen LogP contribution is 2.38. The SMILES string of the molecule is CCCCC/C=C/C/C=C/C/C=C/C/C=C/CCCC(=O)O[C@H](COC(=O)CCCCCCCCCCCCC)COP(=O)([O-])OCC[N+](C)(C)C. The van der Waals surface area contributed by atoms with Crippen LogP contribution in [0.25, 0.3) is 0 Å². The first-order chi connectivity index (χ1) is 25.0. The van der Waals surface area contributed by atoms with Gasteiger partial charge in [-0.1, -0.05) is 140 Å². The lowest BCUT2D eigenvalue weighted by Crippen LogP contribution is -2.37. The van der Waals surface area contributed by atoms with E-state index < -0.39 is 32.5 Å². The molecule has 0 aliphatic heterocycles. The van der Waals surface area contributed by atoms with Gasteiger partial charge in [0.15, 0.2) is 6.10 Å². The number of carbonyl (C=O) groups excluding carboxylic acids is 2. The normalized spacial score (nSPS) is 14.2. The largest absolute Gasteiger partial charge is 0.756 e. The summed E-state index contributed by atoms with van der Waals surface area (Å²) in [6.45, 7) is 4.11. The van der Waals surface area contributed by atoms with E-state index in [0.29, 0.717) is 23.9 Å². The van der Waals surface area contributed by atoms with Crippen LogP contribution in [0, 0.1) is 0 Å². The molecule has 1 unspecified atom stereocenters. The summed E-state index contributed by atoms with van der Waals surface area (Å²) in [7, 11) is 1.13. The molecule has 0 amide bonds. The molecule has 0 heterocycles. The minimum Gasteiger partial charge on any atom is -0.756 e. The summed E-state index contributed by atoms with van der Waals surface area (Å²) in [6.07, 6.45) is 38.6. The van der Waals surface area contributed by atoms with Crippen molar-refractivity contribution in [3.63, 3.8) is 0 Å². The molecule has 10 heteroatoms. The van der Waals surface area contributed by atoms with E-state index >= 15 is 0 Å². The van der Waals surface area contributed by atoms with Crippen LogP contribution >= 0.6 is 7.82 Å². The van der Waals surface area contributed by atoms with E-state index in [0.717, 1.165) is 38.5 Å². The van der Waals surface area contributed by atoms with Crippen LogP contribution in [0.1, 0.15) is 155 Å². The number of nitrogens with zero attached hydrogens (tertiary/aromatic N) is 1. The van der Waals surface area contributed by atoms with E-state index in [9.17, 15) is 19.0 Å². The van der Waals surface area contributed by atoms with Crippen LogP contribution in [0.15, 0.2) is 48.6 Å². The third-order valence-electron chi connectivity index (χ3n) is 8.35. The average Bonchev–Trinajstić information content (AvgIpc) is 3.09. The third kappa shape index (κ3) is 37.7. The number of hydrogen-bond donors (Lipinski definition) is 0. The molecule has 0 saturated carbocycles. The summed E-state index contributed by atoms with van der Waals surface area (Å²) in [4.78, 5) is 37.3. The molecule has 302 valence electrons. The Morgan fingerprint density at radius 1 is 0.596 bits per heavy atom. The highest BCUT2D eigenvalue weighted by molar-refractivity contribution is 7.45.